The number of carbonyl (C=O) groups is 1. The van der Waals surface area contributed by atoms with Gasteiger partial charge in [-0.05, 0) is 54.9 Å². The van der Waals surface area contributed by atoms with E-state index in [2.05, 4.69) is 10.1 Å². The van der Waals surface area contributed by atoms with E-state index in [1.165, 1.54) is 42.1 Å². The Morgan fingerprint density at radius 1 is 1.13 bits per heavy atom. The Morgan fingerprint density at radius 3 is 2.73 bits per heavy atom. The fourth-order valence-corrected chi connectivity index (χ4v) is 5.11. The molecule has 0 atom stereocenters. The van der Waals surface area contributed by atoms with E-state index >= 15 is 0 Å². The number of aliphatic imine (C=N–C) groups is 1. The molecular weight excluding hydrogens is 401 g/mol. The highest BCUT2D eigenvalue weighted by Gasteiger charge is 2.38. The molecule has 1 fully saturated rings. The lowest BCUT2D eigenvalue weighted by Gasteiger charge is -2.20. The van der Waals surface area contributed by atoms with Gasteiger partial charge < -0.3 is 4.57 Å². The number of nitrogens with zero attached hydrogens (tertiary/aromatic N) is 4. The minimum atomic E-state index is -0.472. The van der Waals surface area contributed by atoms with Crippen molar-refractivity contribution < 1.29 is 9.18 Å². The second-order valence-corrected chi connectivity index (χ2v) is 8.54. The van der Waals surface area contributed by atoms with Crippen LogP contribution >= 0.6 is 11.8 Å². The zero-order chi connectivity index (χ0) is 20.7. The van der Waals surface area contributed by atoms with E-state index in [9.17, 15) is 9.18 Å². The molecule has 0 unspecified atom stereocenters. The molecule has 1 N–H and O–H groups in total. The molecule has 1 aromatic carbocycles. The number of benzene rings is 1. The first kappa shape index (κ1) is 19.0. The molecule has 30 heavy (non-hydrogen) atoms. The molecule has 0 bridgehead atoms. The van der Waals surface area contributed by atoms with Gasteiger partial charge >= 0.3 is 0 Å². The van der Waals surface area contributed by atoms with Gasteiger partial charge in [-0.25, -0.2) is 4.39 Å². The summed E-state index contributed by atoms with van der Waals surface area (Å²) in [5.41, 5.74) is 1.11. The summed E-state index contributed by atoms with van der Waals surface area (Å²) in [6.45, 7) is 0. The van der Waals surface area contributed by atoms with Crippen LogP contribution in [0.25, 0.3) is 11.8 Å². The normalized spacial score (nSPS) is 21.1. The largest absolute Gasteiger partial charge is 0.314 e. The van der Waals surface area contributed by atoms with E-state index in [1.807, 2.05) is 0 Å². The molecule has 1 saturated carbocycles. The fraction of sp³-hybridized carbons (Fsp3) is 0.273. The highest BCUT2D eigenvalue weighted by atomic mass is 32.2. The van der Waals surface area contributed by atoms with Crippen LogP contribution in [0.5, 0.6) is 0 Å². The van der Waals surface area contributed by atoms with E-state index in [4.69, 9.17) is 5.41 Å². The summed E-state index contributed by atoms with van der Waals surface area (Å²) < 4.78 is 15.9. The van der Waals surface area contributed by atoms with Crippen LogP contribution < -0.4 is 0 Å². The van der Waals surface area contributed by atoms with Gasteiger partial charge in [0.15, 0.2) is 5.84 Å². The van der Waals surface area contributed by atoms with Crippen molar-refractivity contribution in [3.05, 3.63) is 59.7 Å². The van der Waals surface area contributed by atoms with Crippen LogP contribution in [0.15, 0.2) is 58.3 Å². The van der Waals surface area contributed by atoms with Crippen molar-refractivity contribution in [2.75, 3.05) is 0 Å². The Kier molecular flexibility index (Phi) is 4.86. The van der Waals surface area contributed by atoms with Crippen LogP contribution in [-0.2, 0) is 4.79 Å². The van der Waals surface area contributed by atoms with E-state index in [1.54, 1.807) is 47.2 Å². The van der Waals surface area contributed by atoms with Crippen LogP contribution in [0.3, 0.4) is 0 Å². The summed E-state index contributed by atoms with van der Waals surface area (Å²) in [5.74, 6) is -0.452. The highest BCUT2D eigenvalue weighted by molar-refractivity contribution is 8.27. The van der Waals surface area contributed by atoms with Crippen molar-refractivity contribution >= 4 is 39.8 Å². The Hall–Kier alpha value is -3.00. The molecule has 5 rings (SSSR count). The summed E-state index contributed by atoms with van der Waals surface area (Å²) in [6.07, 6.45) is 9.11. The summed E-state index contributed by atoms with van der Waals surface area (Å²) in [6, 6.07) is 9.98. The van der Waals surface area contributed by atoms with E-state index in [-0.39, 0.29) is 17.2 Å². The zero-order valence-corrected chi connectivity index (χ0v) is 17.0. The van der Waals surface area contributed by atoms with Crippen molar-refractivity contribution in [3.8, 4) is 5.69 Å². The molecule has 1 aliphatic carbocycles. The van der Waals surface area contributed by atoms with E-state index in [0.29, 0.717) is 22.5 Å². The maximum absolute atomic E-state index is 14.3. The molecule has 152 valence electrons. The standard InChI is InChI=1S/C22H20FN5OS/c23-17-10-4-5-11-18(17)27-12-6-9-15(27)13-16-19(24)28-22(25-20(16)29)30-21(26-28)14-7-2-1-3-8-14/h4-6,9-14,24H,1-3,7-8H2/b16-13+,24-19?. The molecule has 8 heteroatoms. The molecule has 2 aliphatic heterocycles. The minimum Gasteiger partial charge on any atom is -0.314 e. The number of carbonyl (C=O) groups excluding carboxylic acids is 1. The molecule has 0 radical (unpaired) electrons. The quantitative estimate of drug-likeness (QED) is 0.723. The maximum atomic E-state index is 14.3. The number of rotatable bonds is 3. The molecule has 1 aromatic heterocycles. The van der Waals surface area contributed by atoms with Crippen LogP contribution in [0.1, 0.15) is 37.8 Å². The predicted octanol–water partition coefficient (Wildman–Crippen LogP) is 4.82. The van der Waals surface area contributed by atoms with Crippen LogP contribution in [-0.4, -0.2) is 31.5 Å². The second kappa shape index (κ2) is 7.68. The Bertz CT molecular complexity index is 1130. The van der Waals surface area contributed by atoms with Gasteiger partial charge in [0, 0.05) is 17.8 Å². The lowest BCUT2D eigenvalue weighted by atomic mass is 9.90. The van der Waals surface area contributed by atoms with Crippen LogP contribution in [0.2, 0.25) is 0 Å². The van der Waals surface area contributed by atoms with Gasteiger partial charge in [0.25, 0.3) is 5.91 Å². The first-order chi connectivity index (χ1) is 14.6. The SMILES string of the molecule is N=C1/C(=C\c2cccn2-c2ccccc2F)C(=O)N=C2SC(C3CCCCC3)=NN12. The number of nitrogens with one attached hydrogen (secondary N) is 1. The van der Waals surface area contributed by atoms with Crippen molar-refractivity contribution in [3.63, 3.8) is 0 Å². The first-order valence-electron chi connectivity index (χ1n) is 10.0. The van der Waals surface area contributed by atoms with Crippen LogP contribution in [0, 0.1) is 17.1 Å². The average Bonchev–Trinajstić information content (AvgIpc) is 3.39. The van der Waals surface area contributed by atoms with Crippen molar-refractivity contribution in [2.24, 2.45) is 16.0 Å². The second-order valence-electron chi connectivity index (χ2n) is 7.55. The van der Waals surface area contributed by atoms with Gasteiger partial charge in [-0.2, -0.15) is 15.1 Å². The third-order valence-electron chi connectivity index (χ3n) is 5.61. The lowest BCUT2D eigenvalue weighted by molar-refractivity contribution is -0.114. The monoisotopic (exact) mass is 421 g/mol. The van der Waals surface area contributed by atoms with Crippen LogP contribution in [0.4, 0.5) is 4.39 Å². The van der Waals surface area contributed by atoms with Crippen molar-refractivity contribution in [1.82, 2.24) is 9.58 Å². The van der Waals surface area contributed by atoms with E-state index < -0.39 is 5.91 Å². The molecule has 3 aliphatic rings. The molecule has 1 amide bonds. The van der Waals surface area contributed by atoms with E-state index in [0.717, 1.165) is 17.9 Å². The molecule has 6 nitrogen and oxygen atoms in total. The molecule has 3 heterocycles. The number of hydrogen-bond acceptors (Lipinski definition) is 4. The topological polar surface area (TPSA) is 73.8 Å². The fourth-order valence-electron chi connectivity index (χ4n) is 4.05. The zero-order valence-electron chi connectivity index (χ0n) is 16.2. The first-order valence-corrected chi connectivity index (χ1v) is 10.9. The third-order valence-corrected chi connectivity index (χ3v) is 6.68. The Balaban J connectivity index is 1.48. The summed E-state index contributed by atoms with van der Waals surface area (Å²) in [4.78, 5) is 16.9. The highest BCUT2D eigenvalue weighted by Crippen LogP contribution is 2.36. The predicted molar refractivity (Wildman–Crippen MR) is 117 cm³/mol. The summed E-state index contributed by atoms with van der Waals surface area (Å²) in [5, 5.41) is 16.1. The molecule has 2 aromatic rings. The number of para-hydroxylation sites is 1. The minimum absolute atomic E-state index is 0.00425. The van der Waals surface area contributed by atoms with Crippen molar-refractivity contribution in [2.45, 2.75) is 32.1 Å². The summed E-state index contributed by atoms with van der Waals surface area (Å²) >= 11 is 1.40. The lowest BCUT2D eigenvalue weighted by Crippen LogP contribution is -2.35. The van der Waals surface area contributed by atoms with Gasteiger partial charge in [-0.1, -0.05) is 31.4 Å². The smallest absolute Gasteiger partial charge is 0.283 e. The average molecular weight is 422 g/mol. The van der Waals surface area contributed by atoms with Crippen molar-refractivity contribution in [1.29, 1.82) is 5.41 Å². The van der Waals surface area contributed by atoms with Gasteiger partial charge in [-0.15, -0.1) is 0 Å². The number of amides is 1. The summed E-state index contributed by atoms with van der Waals surface area (Å²) in [7, 11) is 0. The number of thioether (sulfide) groups is 1. The number of hydrogen-bond donors (Lipinski definition) is 1. The number of amidine groups is 2. The molecule has 0 saturated heterocycles. The van der Waals surface area contributed by atoms with Gasteiger partial charge in [0.2, 0.25) is 5.17 Å². The number of fused-ring (bicyclic) bond motifs is 1. The Labute approximate surface area is 177 Å². The maximum Gasteiger partial charge on any atom is 0.283 e. The molecule has 0 spiro atoms. The number of hydrazone groups is 1. The number of aromatic nitrogens is 1. The Morgan fingerprint density at radius 2 is 1.93 bits per heavy atom. The number of halogens is 1. The third kappa shape index (κ3) is 3.31. The van der Waals surface area contributed by atoms with Gasteiger partial charge in [0.1, 0.15) is 10.9 Å². The molecular formula is C22H20FN5OS. The van der Waals surface area contributed by atoms with Gasteiger partial charge in [-0.3, -0.25) is 10.2 Å². The van der Waals surface area contributed by atoms with Gasteiger partial charge in [0.05, 0.1) is 11.3 Å².